The van der Waals surface area contributed by atoms with Gasteiger partial charge in [0.05, 0.1) is 11.4 Å². The number of nitrogens with one attached hydrogen (secondary N) is 1. The number of nitrogens with two attached hydrogens (primary N) is 1. The van der Waals surface area contributed by atoms with E-state index in [2.05, 4.69) is 19.9 Å². The van der Waals surface area contributed by atoms with Crippen LogP contribution in [-0.4, -0.2) is 42.0 Å². The van der Waals surface area contributed by atoms with Crippen LogP contribution in [0.5, 0.6) is 0 Å². The number of H-pyrrole nitrogens is 1. The van der Waals surface area contributed by atoms with E-state index in [1.807, 2.05) is 22.8 Å². The highest BCUT2D eigenvalue weighted by Gasteiger charge is 2.42. The molecule has 3 heterocycles. The maximum Gasteiger partial charge on any atom is 0.280 e. The lowest BCUT2D eigenvalue weighted by Gasteiger charge is -2.44. The van der Waals surface area contributed by atoms with Crippen LogP contribution in [0.25, 0.3) is 11.2 Å². The fourth-order valence-electron chi connectivity index (χ4n) is 3.37. The molecule has 1 aliphatic carbocycles. The molecule has 130 valence electrons. The molecule has 0 spiro atoms. The van der Waals surface area contributed by atoms with Gasteiger partial charge in [0.15, 0.2) is 11.2 Å². The molecule has 1 aliphatic rings. The van der Waals surface area contributed by atoms with Gasteiger partial charge in [-0.1, -0.05) is 6.07 Å². The van der Waals surface area contributed by atoms with Gasteiger partial charge in [0.1, 0.15) is 0 Å². The van der Waals surface area contributed by atoms with Crippen LogP contribution in [0, 0.1) is 11.8 Å². The Morgan fingerprint density at radius 1 is 1.40 bits per heavy atom. The van der Waals surface area contributed by atoms with Crippen molar-refractivity contribution in [2.24, 2.45) is 11.8 Å². The molecule has 4 N–H and O–H groups in total. The zero-order valence-electron chi connectivity index (χ0n) is 13.4. The molecule has 0 bridgehead atoms. The molecule has 0 aliphatic heterocycles. The fraction of sp³-hybridized carbons (Fsp3) is 0.375. The number of hydrogen-bond donors (Lipinski definition) is 3. The van der Waals surface area contributed by atoms with E-state index >= 15 is 0 Å². The number of fused-ring (bicyclic) bond motifs is 1. The van der Waals surface area contributed by atoms with Crippen LogP contribution in [0.4, 0.5) is 5.95 Å². The zero-order chi connectivity index (χ0) is 17.4. The second-order valence-electron chi connectivity index (χ2n) is 6.16. The number of thioether (sulfide) groups is 1. The predicted octanol–water partition coefficient (Wildman–Crippen LogP) is 1.06. The highest BCUT2D eigenvalue weighted by molar-refractivity contribution is 7.99. The summed E-state index contributed by atoms with van der Waals surface area (Å²) in [7, 11) is 0. The molecule has 3 aromatic heterocycles. The third-order valence-corrected chi connectivity index (χ3v) is 5.88. The van der Waals surface area contributed by atoms with E-state index < -0.39 is 0 Å². The first kappa shape index (κ1) is 16.1. The second kappa shape index (κ2) is 6.49. The number of hydrogen-bond acceptors (Lipinski definition) is 7. The third-order valence-electron chi connectivity index (χ3n) is 4.75. The highest BCUT2D eigenvalue weighted by Crippen LogP contribution is 2.46. The Balaban J connectivity index is 1.52. The lowest BCUT2D eigenvalue weighted by molar-refractivity contribution is 0.0413. The summed E-state index contributed by atoms with van der Waals surface area (Å²) >= 11 is 1.69. The summed E-state index contributed by atoms with van der Waals surface area (Å²) < 4.78 is 1.86. The molecule has 9 heteroatoms. The van der Waals surface area contributed by atoms with Crippen molar-refractivity contribution in [2.45, 2.75) is 17.5 Å². The van der Waals surface area contributed by atoms with Gasteiger partial charge in [0.25, 0.3) is 5.56 Å². The number of rotatable bonds is 5. The van der Waals surface area contributed by atoms with Crippen molar-refractivity contribution < 1.29 is 5.11 Å². The second-order valence-corrected chi connectivity index (χ2v) is 7.20. The van der Waals surface area contributed by atoms with Gasteiger partial charge in [-0.25, -0.2) is 9.97 Å². The molecular formula is C16H18N6O2S. The largest absolute Gasteiger partial charge is 0.396 e. The monoisotopic (exact) mass is 358 g/mol. The molecule has 0 saturated heterocycles. The van der Waals surface area contributed by atoms with Crippen molar-refractivity contribution >= 4 is 28.9 Å². The van der Waals surface area contributed by atoms with Gasteiger partial charge < -0.3 is 15.4 Å². The summed E-state index contributed by atoms with van der Waals surface area (Å²) in [6, 6.07) is 5.91. The maximum absolute atomic E-state index is 11.9. The Bertz CT molecular complexity index is 941. The van der Waals surface area contributed by atoms with E-state index in [0.717, 1.165) is 17.2 Å². The van der Waals surface area contributed by atoms with Crippen LogP contribution in [0.2, 0.25) is 0 Å². The van der Waals surface area contributed by atoms with Gasteiger partial charge in [-0.15, -0.1) is 11.8 Å². The number of aliphatic hydroxyl groups excluding tert-OH is 1. The number of pyridine rings is 1. The molecule has 0 aromatic carbocycles. The summed E-state index contributed by atoms with van der Waals surface area (Å²) in [4.78, 5) is 27.0. The average Bonchev–Trinajstić information content (AvgIpc) is 2.99. The Morgan fingerprint density at radius 3 is 3.04 bits per heavy atom. The minimum atomic E-state index is -0.344. The van der Waals surface area contributed by atoms with E-state index in [9.17, 15) is 9.90 Å². The van der Waals surface area contributed by atoms with Crippen molar-refractivity contribution in [1.29, 1.82) is 0 Å². The van der Waals surface area contributed by atoms with Crippen molar-refractivity contribution in [3.05, 3.63) is 41.1 Å². The van der Waals surface area contributed by atoms with Crippen molar-refractivity contribution in [1.82, 2.24) is 24.5 Å². The molecule has 3 atom stereocenters. The summed E-state index contributed by atoms with van der Waals surface area (Å²) in [5, 5.41) is 10.8. The van der Waals surface area contributed by atoms with Crippen molar-refractivity contribution in [3.8, 4) is 0 Å². The summed E-state index contributed by atoms with van der Waals surface area (Å²) in [5.74, 6) is 1.43. The first-order valence-electron chi connectivity index (χ1n) is 8.04. The van der Waals surface area contributed by atoms with Gasteiger partial charge in [-0.3, -0.25) is 9.78 Å². The van der Waals surface area contributed by atoms with Crippen LogP contribution < -0.4 is 11.3 Å². The number of imidazole rings is 1. The van der Waals surface area contributed by atoms with Gasteiger partial charge in [0, 0.05) is 30.5 Å². The molecule has 3 unspecified atom stereocenters. The normalized spacial score (nSPS) is 22.8. The molecule has 0 amide bonds. The number of aromatic nitrogens is 5. The van der Waals surface area contributed by atoms with Gasteiger partial charge >= 0.3 is 0 Å². The Kier molecular flexibility index (Phi) is 4.18. The summed E-state index contributed by atoms with van der Waals surface area (Å²) in [6.45, 7) is 0.0798. The minimum Gasteiger partial charge on any atom is -0.396 e. The summed E-state index contributed by atoms with van der Waals surface area (Å²) in [5.41, 5.74) is 6.06. The van der Waals surface area contributed by atoms with Gasteiger partial charge in [0.2, 0.25) is 5.95 Å². The predicted molar refractivity (Wildman–Crippen MR) is 95.2 cm³/mol. The first-order valence-corrected chi connectivity index (χ1v) is 9.03. The van der Waals surface area contributed by atoms with Crippen LogP contribution in [0.3, 0.4) is 0 Å². The minimum absolute atomic E-state index is 0.0676. The SMILES string of the molecule is Nc1nc2c(ncn2C2CC(CSc3ccccn3)C2CO)c(=O)[nH]1. The highest BCUT2D eigenvalue weighted by atomic mass is 32.2. The maximum atomic E-state index is 11.9. The van der Waals surface area contributed by atoms with Crippen LogP contribution in [-0.2, 0) is 0 Å². The molecule has 1 saturated carbocycles. The Morgan fingerprint density at radius 2 is 2.28 bits per heavy atom. The Hall–Kier alpha value is -2.39. The van der Waals surface area contributed by atoms with E-state index in [1.54, 1.807) is 24.3 Å². The first-order chi connectivity index (χ1) is 12.2. The Labute approximate surface area is 147 Å². The van der Waals surface area contributed by atoms with Crippen LogP contribution in [0.1, 0.15) is 12.5 Å². The average molecular weight is 358 g/mol. The number of nitrogen functional groups attached to an aromatic ring is 1. The van der Waals surface area contributed by atoms with Crippen LogP contribution >= 0.6 is 11.8 Å². The topological polar surface area (TPSA) is 123 Å². The third kappa shape index (κ3) is 2.89. The van der Waals surface area contributed by atoms with E-state index in [0.29, 0.717) is 11.6 Å². The molecular weight excluding hydrogens is 340 g/mol. The quantitative estimate of drug-likeness (QED) is 0.583. The van der Waals surface area contributed by atoms with Crippen LogP contribution in [0.15, 0.2) is 40.5 Å². The van der Waals surface area contributed by atoms with E-state index in [-0.39, 0.29) is 35.6 Å². The zero-order valence-corrected chi connectivity index (χ0v) is 14.2. The van der Waals surface area contributed by atoms with Crippen molar-refractivity contribution in [2.75, 3.05) is 18.1 Å². The lowest BCUT2D eigenvalue weighted by Crippen LogP contribution is -2.42. The standard InChI is InChI=1S/C16H18N6O2S/c17-16-20-14-13(15(24)21-16)19-8-22(14)11-5-9(10(11)6-23)7-25-12-3-1-2-4-18-12/h1-4,8-11,23H,5-7H2,(H3,17,20,21,24). The molecule has 3 aromatic rings. The van der Waals surface area contributed by atoms with Gasteiger partial charge in [-0.05, 0) is 24.5 Å². The number of aromatic amines is 1. The van der Waals surface area contributed by atoms with Gasteiger partial charge in [-0.2, -0.15) is 4.98 Å². The smallest absolute Gasteiger partial charge is 0.280 e. The number of nitrogens with zero attached hydrogens (tertiary/aromatic N) is 4. The molecule has 0 radical (unpaired) electrons. The number of aliphatic hydroxyl groups is 1. The summed E-state index contributed by atoms with van der Waals surface area (Å²) in [6.07, 6.45) is 4.29. The van der Waals surface area contributed by atoms with E-state index in [1.165, 1.54) is 0 Å². The molecule has 25 heavy (non-hydrogen) atoms. The fourth-order valence-corrected chi connectivity index (χ4v) is 4.45. The lowest BCUT2D eigenvalue weighted by atomic mass is 9.70. The van der Waals surface area contributed by atoms with Crippen molar-refractivity contribution in [3.63, 3.8) is 0 Å². The van der Waals surface area contributed by atoms with E-state index in [4.69, 9.17) is 5.73 Å². The molecule has 8 nitrogen and oxygen atoms in total. The number of anilines is 1. The molecule has 1 fully saturated rings. The molecule has 4 rings (SSSR count).